The number of nitrogens with one attached hydrogen (secondary N) is 1. The zero-order chi connectivity index (χ0) is 14.7. The van der Waals surface area contributed by atoms with Gasteiger partial charge in [0.05, 0.1) is 11.0 Å². The van der Waals surface area contributed by atoms with Gasteiger partial charge < -0.3 is 10.2 Å². The molecule has 1 N–H and O–H groups in total. The number of anilines is 1. The van der Waals surface area contributed by atoms with E-state index in [-0.39, 0.29) is 0 Å². The molecule has 0 amide bonds. The highest BCUT2D eigenvalue weighted by Gasteiger charge is 2.04. The predicted octanol–water partition coefficient (Wildman–Crippen LogP) is 3.75. The molecule has 108 valence electrons. The zero-order valence-corrected chi connectivity index (χ0v) is 12.6. The number of aromatic nitrogens is 1. The van der Waals surface area contributed by atoms with Crippen molar-refractivity contribution in [3.63, 3.8) is 0 Å². The van der Waals surface area contributed by atoms with Crippen LogP contribution in [0, 0.1) is 0 Å². The summed E-state index contributed by atoms with van der Waals surface area (Å²) in [7, 11) is 4.21. The smallest absolute Gasteiger partial charge is 0.0730 e. The van der Waals surface area contributed by atoms with Crippen LogP contribution >= 0.6 is 0 Å². The van der Waals surface area contributed by atoms with E-state index < -0.39 is 0 Å². The Morgan fingerprint density at radius 3 is 2.67 bits per heavy atom. The minimum Gasteiger partial charge on any atom is -0.384 e. The number of hydrogen-bond acceptors (Lipinski definition) is 3. The SMILES string of the molecule is CN(C)CCCNc1cccc2nc3ccccc3cc12. The van der Waals surface area contributed by atoms with Crippen molar-refractivity contribution in [3.8, 4) is 0 Å². The van der Waals surface area contributed by atoms with Crippen molar-refractivity contribution in [1.82, 2.24) is 9.88 Å². The quantitative estimate of drug-likeness (QED) is 0.569. The highest BCUT2D eigenvalue weighted by Crippen LogP contribution is 2.25. The van der Waals surface area contributed by atoms with E-state index in [1.807, 2.05) is 6.07 Å². The van der Waals surface area contributed by atoms with E-state index >= 15 is 0 Å². The van der Waals surface area contributed by atoms with E-state index in [1.165, 1.54) is 16.5 Å². The van der Waals surface area contributed by atoms with Crippen LogP contribution < -0.4 is 5.32 Å². The highest BCUT2D eigenvalue weighted by molar-refractivity contribution is 5.99. The van der Waals surface area contributed by atoms with Crippen LogP contribution in [-0.2, 0) is 0 Å². The minimum absolute atomic E-state index is 0.976. The second-order valence-electron chi connectivity index (χ2n) is 5.64. The first kappa shape index (κ1) is 13.8. The summed E-state index contributed by atoms with van der Waals surface area (Å²) in [6.45, 7) is 2.07. The Morgan fingerprint density at radius 1 is 1.00 bits per heavy atom. The maximum atomic E-state index is 4.75. The Balaban J connectivity index is 1.89. The Labute approximate surface area is 125 Å². The first-order valence-electron chi connectivity index (χ1n) is 7.41. The number of pyridine rings is 1. The Bertz CT molecular complexity index is 750. The summed E-state index contributed by atoms with van der Waals surface area (Å²) in [6, 6.07) is 16.8. The van der Waals surface area contributed by atoms with Crippen LogP contribution in [0.5, 0.6) is 0 Å². The van der Waals surface area contributed by atoms with Crippen molar-refractivity contribution in [3.05, 3.63) is 48.5 Å². The fraction of sp³-hybridized carbons (Fsp3) is 0.278. The van der Waals surface area contributed by atoms with Crippen LogP contribution in [0.2, 0.25) is 0 Å². The fourth-order valence-corrected chi connectivity index (χ4v) is 2.57. The summed E-state index contributed by atoms with van der Waals surface area (Å²) in [5.41, 5.74) is 3.27. The molecule has 0 aliphatic heterocycles. The van der Waals surface area contributed by atoms with Crippen molar-refractivity contribution < 1.29 is 0 Å². The molecule has 1 aromatic heterocycles. The molecule has 0 aliphatic carbocycles. The zero-order valence-electron chi connectivity index (χ0n) is 12.6. The van der Waals surface area contributed by atoms with Gasteiger partial charge in [0.1, 0.15) is 0 Å². The van der Waals surface area contributed by atoms with E-state index in [1.54, 1.807) is 0 Å². The molecule has 0 bridgehead atoms. The molecule has 2 aromatic carbocycles. The van der Waals surface area contributed by atoms with Gasteiger partial charge in [0, 0.05) is 23.0 Å². The molecule has 0 radical (unpaired) electrons. The topological polar surface area (TPSA) is 28.2 Å². The lowest BCUT2D eigenvalue weighted by atomic mass is 10.1. The molecule has 3 heteroatoms. The van der Waals surface area contributed by atoms with Crippen LogP contribution in [0.25, 0.3) is 21.8 Å². The summed E-state index contributed by atoms with van der Waals surface area (Å²) in [4.78, 5) is 6.95. The highest BCUT2D eigenvalue weighted by atomic mass is 15.1. The molecule has 21 heavy (non-hydrogen) atoms. The molecule has 0 fully saturated rings. The molecule has 0 atom stereocenters. The van der Waals surface area contributed by atoms with Crippen LogP contribution in [0.15, 0.2) is 48.5 Å². The van der Waals surface area contributed by atoms with E-state index in [9.17, 15) is 0 Å². The van der Waals surface area contributed by atoms with Crippen molar-refractivity contribution in [2.45, 2.75) is 6.42 Å². The van der Waals surface area contributed by atoms with E-state index in [4.69, 9.17) is 4.98 Å². The van der Waals surface area contributed by atoms with Gasteiger partial charge in [-0.3, -0.25) is 0 Å². The lowest BCUT2D eigenvalue weighted by Gasteiger charge is -2.12. The Hall–Kier alpha value is -2.13. The van der Waals surface area contributed by atoms with Crippen molar-refractivity contribution in [2.75, 3.05) is 32.5 Å². The second-order valence-corrected chi connectivity index (χ2v) is 5.64. The van der Waals surface area contributed by atoms with Gasteiger partial charge in [-0.05, 0) is 51.3 Å². The summed E-state index contributed by atoms with van der Waals surface area (Å²) >= 11 is 0. The van der Waals surface area contributed by atoms with Crippen LogP contribution in [-0.4, -0.2) is 37.1 Å². The van der Waals surface area contributed by atoms with Crippen molar-refractivity contribution in [1.29, 1.82) is 0 Å². The number of para-hydroxylation sites is 1. The van der Waals surface area contributed by atoms with Crippen LogP contribution in [0.4, 0.5) is 5.69 Å². The normalized spacial score (nSPS) is 11.4. The molecule has 1 heterocycles. The van der Waals surface area contributed by atoms with E-state index in [2.05, 4.69) is 66.8 Å². The molecule has 3 aromatic rings. The largest absolute Gasteiger partial charge is 0.384 e. The number of rotatable bonds is 5. The molecule has 3 nitrogen and oxygen atoms in total. The molecule has 0 spiro atoms. The van der Waals surface area contributed by atoms with Gasteiger partial charge in [-0.2, -0.15) is 0 Å². The van der Waals surface area contributed by atoms with Gasteiger partial charge in [0.2, 0.25) is 0 Å². The molecule has 0 unspecified atom stereocenters. The fourth-order valence-electron chi connectivity index (χ4n) is 2.57. The standard InChI is InChI=1S/C18H21N3/c1-21(2)12-6-11-19-17-9-5-10-18-15(17)13-14-7-3-4-8-16(14)20-18/h3-5,7-10,13,19H,6,11-12H2,1-2H3. The van der Waals surface area contributed by atoms with Gasteiger partial charge in [-0.15, -0.1) is 0 Å². The predicted molar refractivity (Wildman–Crippen MR) is 90.9 cm³/mol. The minimum atomic E-state index is 0.976. The molecular weight excluding hydrogens is 258 g/mol. The first-order chi connectivity index (χ1) is 10.2. The Kier molecular flexibility index (Phi) is 4.02. The molecule has 0 aliphatic rings. The lowest BCUT2D eigenvalue weighted by molar-refractivity contribution is 0.405. The van der Waals surface area contributed by atoms with Crippen molar-refractivity contribution in [2.24, 2.45) is 0 Å². The van der Waals surface area contributed by atoms with E-state index in [0.717, 1.165) is 30.5 Å². The number of nitrogens with zero attached hydrogens (tertiary/aromatic N) is 2. The number of benzene rings is 2. The monoisotopic (exact) mass is 279 g/mol. The number of hydrogen-bond donors (Lipinski definition) is 1. The third-order valence-electron chi connectivity index (χ3n) is 3.66. The molecular formula is C18H21N3. The summed E-state index contributed by atoms with van der Waals surface area (Å²) in [5.74, 6) is 0. The molecule has 3 rings (SSSR count). The first-order valence-corrected chi connectivity index (χ1v) is 7.41. The van der Waals surface area contributed by atoms with Gasteiger partial charge in [0.15, 0.2) is 0 Å². The van der Waals surface area contributed by atoms with E-state index in [0.29, 0.717) is 0 Å². The van der Waals surface area contributed by atoms with Crippen molar-refractivity contribution >= 4 is 27.5 Å². The summed E-state index contributed by atoms with van der Waals surface area (Å²) < 4.78 is 0. The van der Waals surface area contributed by atoms with Crippen LogP contribution in [0.3, 0.4) is 0 Å². The van der Waals surface area contributed by atoms with Gasteiger partial charge in [0.25, 0.3) is 0 Å². The summed E-state index contributed by atoms with van der Waals surface area (Å²) in [6.07, 6.45) is 1.13. The maximum Gasteiger partial charge on any atom is 0.0730 e. The molecule has 0 saturated heterocycles. The third-order valence-corrected chi connectivity index (χ3v) is 3.66. The summed E-state index contributed by atoms with van der Waals surface area (Å²) in [5, 5.41) is 5.92. The second kappa shape index (κ2) is 6.10. The number of fused-ring (bicyclic) bond motifs is 2. The lowest BCUT2D eigenvalue weighted by Crippen LogP contribution is -2.16. The maximum absolute atomic E-state index is 4.75. The van der Waals surface area contributed by atoms with Gasteiger partial charge >= 0.3 is 0 Å². The van der Waals surface area contributed by atoms with Gasteiger partial charge in [-0.25, -0.2) is 4.98 Å². The molecule has 0 saturated carbocycles. The van der Waals surface area contributed by atoms with Gasteiger partial charge in [-0.1, -0.05) is 24.3 Å². The Morgan fingerprint density at radius 2 is 1.81 bits per heavy atom. The third kappa shape index (κ3) is 3.14. The average molecular weight is 279 g/mol. The average Bonchev–Trinajstić information content (AvgIpc) is 2.49. The van der Waals surface area contributed by atoms with Crippen LogP contribution in [0.1, 0.15) is 6.42 Å².